The van der Waals surface area contributed by atoms with Crippen molar-refractivity contribution in [1.29, 1.82) is 0 Å². The maximum atomic E-state index is 13.1. The van der Waals surface area contributed by atoms with E-state index < -0.39 is 9.84 Å². The van der Waals surface area contributed by atoms with E-state index in [0.29, 0.717) is 33.2 Å². The number of anilines is 1. The van der Waals surface area contributed by atoms with Crippen molar-refractivity contribution in [1.82, 2.24) is 0 Å². The molecule has 0 saturated heterocycles. The van der Waals surface area contributed by atoms with Crippen LogP contribution in [0, 0.1) is 0 Å². The Morgan fingerprint density at radius 2 is 1.84 bits per heavy atom. The Morgan fingerprint density at radius 3 is 2.65 bits per heavy atom. The summed E-state index contributed by atoms with van der Waals surface area (Å²) in [5.74, 6) is 0.827. The first-order valence-electron chi connectivity index (χ1n) is 10.2. The minimum Gasteiger partial charge on any atom is -0.461 e. The number of sulfone groups is 1. The summed E-state index contributed by atoms with van der Waals surface area (Å²) in [5.41, 5.74) is 3.39. The smallest absolute Gasteiger partial charge is 0.256 e. The predicted molar refractivity (Wildman–Crippen MR) is 121 cm³/mol. The van der Waals surface area contributed by atoms with Gasteiger partial charge >= 0.3 is 0 Å². The van der Waals surface area contributed by atoms with Gasteiger partial charge in [-0.2, -0.15) is 0 Å². The Morgan fingerprint density at radius 1 is 1.06 bits per heavy atom. The van der Waals surface area contributed by atoms with Crippen LogP contribution < -0.4 is 5.32 Å². The Kier molecular flexibility index (Phi) is 4.99. The molecular formula is C24H20ClNO4S. The number of fused-ring (bicyclic) bond motifs is 2. The molecule has 158 valence electrons. The Labute approximate surface area is 185 Å². The lowest BCUT2D eigenvalue weighted by Crippen LogP contribution is -2.09. The first-order chi connectivity index (χ1) is 14.9. The zero-order chi connectivity index (χ0) is 21.6. The number of hydrogen-bond acceptors (Lipinski definition) is 4. The zero-order valence-electron chi connectivity index (χ0n) is 16.7. The molecule has 2 aliphatic rings. The fourth-order valence-corrected chi connectivity index (χ4v) is 5.87. The van der Waals surface area contributed by atoms with Gasteiger partial charge in [0.15, 0.2) is 9.84 Å². The van der Waals surface area contributed by atoms with E-state index in [1.54, 1.807) is 54.6 Å². The average molecular weight is 454 g/mol. The van der Waals surface area contributed by atoms with Crippen LogP contribution in [0.4, 0.5) is 5.69 Å². The van der Waals surface area contributed by atoms with E-state index >= 15 is 0 Å². The lowest BCUT2D eigenvalue weighted by molar-refractivity contribution is -0.110. The van der Waals surface area contributed by atoms with Crippen LogP contribution in [0.1, 0.15) is 41.1 Å². The largest absolute Gasteiger partial charge is 0.461 e. The van der Waals surface area contributed by atoms with Crippen molar-refractivity contribution in [3.63, 3.8) is 0 Å². The van der Waals surface area contributed by atoms with E-state index in [1.165, 1.54) is 0 Å². The van der Waals surface area contributed by atoms with Gasteiger partial charge in [0.2, 0.25) is 0 Å². The number of benzene rings is 2. The molecule has 0 unspecified atom stereocenters. The second-order valence-corrected chi connectivity index (χ2v) is 10.3. The van der Waals surface area contributed by atoms with Crippen LogP contribution in [-0.2, 0) is 33.2 Å². The molecule has 1 amide bonds. The highest BCUT2D eigenvalue weighted by atomic mass is 35.5. The van der Waals surface area contributed by atoms with Crippen LogP contribution in [0.15, 0.2) is 57.8 Å². The van der Waals surface area contributed by atoms with Gasteiger partial charge in [-0.25, -0.2) is 8.42 Å². The highest BCUT2D eigenvalue weighted by Gasteiger charge is 2.29. The average Bonchev–Trinajstić information content (AvgIpc) is 3.26. The van der Waals surface area contributed by atoms with Gasteiger partial charge in [-0.3, -0.25) is 4.79 Å². The number of aryl methyl sites for hydroxylation is 1. The van der Waals surface area contributed by atoms with Gasteiger partial charge in [-0.15, -0.1) is 0 Å². The summed E-state index contributed by atoms with van der Waals surface area (Å²) in [6.07, 6.45) is 5.19. The summed E-state index contributed by atoms with van der Waals surface area (Å²) in [7, 11) is -3.56. The maximum Gasteiger partial charge on any atom is 0.256 e. The zero-order valence-corrected chi connectivity index (χ0v) is 18.2. The third-order valence-corrected chi connectivity index (χ3v) is 7.68. The molecule has 0 atom stereocenters. The molecule has 0 fully saturated rings. The van der Waals surface area contributed by atoms with Crippen LogP contribution in [0.5, 0.6) is 0 Å². The van der Waals surface area contributed by atoms with Crippen LogP contribution in [0.2, 0.25) is 5.02 Å². The van der Waals surface area contributed by atoms with E-state index in [2.05, 4.69) is 5.32 Å². The molecule has 7 heteroatoms. The first-order valence-corrected chi connectivity index (χ1v) is 12.2. The highest BCUT2D eigenvalue weighted by molar-refractivity contribution is 7.90. The Balaban J connectivity index is 1.63. The second kappa shape index (κ2) is 7.70. The quantitative estimate of drug-likeness (QED) is 0.545. The molecule has 1 aliphatic heterocycles. The monoisotopic (exact) mass is 453 g/mol. The minimum atomic E-state index is -3.56. The van der Waals surface area contributed by atoms with E-state index in [0.717, 1.165) is 37.0 Å². The molecule has 0 saturated carbocycles. The van der Waals surface area contributed by atoms with Crippen molar-refractivity contribution in [3.05, 3.63) is 81.8 Å². The lowest BCUT2D eigenvalue weighted by atomic mass is 9.95. The summed E-state index contributed by atoms with van der Waals surface area (Å²) in [6.45, 7) is 0. The van der Waals surface area contributed by atoms with Crippen molar-refractivity contribution in [3.8, 4) is 0 Å². The van der Waals surface area contributed by atoms with E-state index in [4.69, 9.17) is 16.0 Å². The van der Waals surface area contributed by atoms with Crippen molar-refractivity contribution >= 4 is 44.7 Å². The summed E-state index contributed by atoms with van der Waals surface area (Å²) in [5, 5.41) is 3.34. The second-order valence-electron chi connectivity index (χ2n) is 7.83. The van der Waals surface area contributed by atoms with Crippen LogP contribution in [-0.4, -0.2) is 14.3 Å². The van der Waals surface area contributed by atoms with E-state index in [-0.39, 0.29) is 16.6 Å². The van der Waals surface area contributed by atoms with Crippen LogP contribution >= 0.6 is 11.6 Å². The SMILES string of the molecule is O=C1Nc2ccc(Cl)cc2C1=Cc1oc2c(c1CS(=O)(=O)c1ccccc1)CCCC2. The molecule has 1 aliphatic carbocycles. The van der Waals surface area contributed by atoms with Crippen LogP contribution in [0.3, 0.4) is 0 Å². The van der Waals surface area contributed by atoms with Gasteiger partial charge < -0.3 is 9.73 Å². The van der Waals surface area contributed by atoms with Crippen LogP contribution in [0.25, 0.3) is 11.6 Å². The fraction of sp³-hybridized carbons (Fsp3) is 0.208. The van der Waals surface area contributed by atoms with Gasteiger partial charge in [-0.1, -0.05) is 29.8 Å². The molecule has 3 aromatic rings. The Hall–Kier alpha value is -2.83. The standard InChI is InChI=1S/C24H20ClNO4S/c25-15-10-11-21-18(12-15)19(24(27)26-21)13-23-20(17-8-4-5-9-22(17)30-23)14-31(28,29)16-6-2-1-3-7-16/h1-3,6-7,10-13H,4-5,8-9,14H2,(H,26,27). The summed E-state index contributed by atoms with van der Waals surface area (Å²) in [4.78, 5) is 12.9. The number of halogens is 1. The lowest BCUT2D eigenvalue weighted by Gasteiger charge is -2.11. The molecule has 0 spiro atoms. The molecule has 0 radical (unpaired) electrons. The van der Waals surface area contributed by atoms with Gasteiger partial charge in [0.25, 0.3) is 5.91 Å². The Bertz CT molecular complexity index is 1320. The fourth-order valence-electron chi connectivity index (χ4n) is 4.26. The first kappa shape index (κ1) is 20.1. The maximum absolute atomic E-state index is 13.1. The molecule has 1 N–H and O–H groups in total. The summed E-state index contributed by atoms with van der Waals surface area (Å²) in [6, 6.07) is 13.6. The number of nitrogens with one attached hydrogen (secondary N) is 1. The normalized spacial score (nSPS) is 16.8. The highest BCUT2D eigenvalue weighted by Crippen LogP contribution is 2.38. The minimum absolute atomic E-state index is 0.168. The number of carbonyl (C=O) groups excluding carboxylic acids is 1. The number of carbonyl (C=O) groups is 1. The van der Waals surface area contributed by atoms with Crippen molar-refractivity contribution < 1.29 is 17.6 Å². The third kappa shape index (κ3) is 3.70. The molecular weight excluding hydrogens is 434 g/mol. The number of hydrogen-bond donors (Lipinski definition) is 1. The third-order valence-electron chi connectivity index (χ3n) is 5.79. The van der Waals surface area contributed by atoms with Gasteiger partial charge in [0.05, 0.1) is 16.2 Å². The number of amides is 1. The topological polar surface area (TPSA) is 76.4 Å². The van der Waals surface area contributed by atoms with Crippen molar-refractivity contribution in [2.45, 2.75) is 36.3 Å². The van der Waals surface area contributed by atoms with Crippen molar-refractivity contribution in [2.24, 2.45) is 0 Å². The van der Waals surface area contributed by atoms with Crippen molar-refractivity contribution in [2.75, 3.05) is 5.32 Å². The van der Waals surface area contributed by atoms with E-state index in [1.807, 2.05) is 0 Å². The molecule has 0 bridgehead atoms. The summed E-state index contributed by atoms with van der Waals surface area (Å²) < 4.78 is 32.4. The molecule has 5 rings (SSSR count). The molecule has 5 nitrogen and oxygen atoms in total. The number of rotatable bonds is 4. The van der Waals surface area contributed by atoms with Gasteiger partial charge in [0.1, 0.15) is 11.5 Å². The molecule has 1 aromatic heterocycles. The molecule has 2 heterocycles. The van der Waals surface area contributed by atoms with Gasteiger partial charge in [0, 0.05) is 28.3 Å². The molecule has 2 aromatic carbocycles. The summed E-state index contributed by atoms with van der Waals surface area (Å²) >= 11 is 6.14. The predicted octanol–water partition coefficient (Wildman–Crippen LogP) is 5.28. The van der Waals surface area contributed by atoms with E-state index in [9.17, 15) is 13.2 Å². The number of furan rings is 1. The molecule has 31 heavy (non-hydrogen) atoms. The van der Waals surface area contributed by atoms with Gasteiger partial charge in [-0.05, 0) is 61.2 Å².